The van der Waals surface area contributed by atoms with E-state index < -0.39 is 0 Å². The number of guanidine groups is 1. The highest BCUT2D eigenvalue weighted by Gasteiger charge is 2.23. The molecule has 4 nitrogen and oxygen atoms in total. The van der Waals surface area contributed by atoms with E-state index in [1.807, 2.05) is 0 Å². The maximum Gasteiger partial charge on any atom is 0.191 e. The van der Waals surface area contributed by atoms with Crippen molar-refractivity contribution >= 4 is 11.6 Å². The molecule has 2 rings (SSSR count). The second-order valence-electron chi connectivity index (χ2n) is 5.67. The van der Waals surface area contributed by atoms with Gasteiger partial charge < -0.3 is 15.5 Å². The van der Waals surface area contributed by atoms with Crippen LogP contribution in [0.25, 0.3) is 0 Å². The van der Waals surface area contributed by atoms with Gasteiger partial charge in [-0.1, -0.05) is 24.6 Å². The predicted octanol–water partition coefficient (Wildman–Crippen LogP) is 2.54. The van der Waals surface area contributed by atoms with Crippen molar-refractivity contribution in [3.8, 4) is 0 Å². The van der Waals surface area contributed by atoms with Gasteiger partial charge in [0, 0.05) is 37.9 Å². The van der Waals surface area contributed by atoms with Crippen LogP contribution in [-0.4, -0.2) is 38.2 Å². The summed E-state index contributed by atoms with van der Waals surface area (Å²) in [6, 6.07) is 9.27. The lowest BCUT2D eigenvalue weighted by Gasteiger charge is -2.20. The van der Waals surface area contributed by atoms with E-state index in [9.17, 15) is 0 Å². The normalized spacial score (nSPS) is 18.9. The SMILES string of the molecule is CCCN=C(NCC)NC1CCN(c2ccc(C)cc2)C1. The fraction of sp³-hybridized carbons (Fsp3) is 0.588. The van der Waals surface area contributed by atoms with Gasteiger partial charge in [-0.05, 0) is 38.8 Å². The molecule has 0 amide bonds. The maximum absolute atomic E-state index is 4.58. The van der Waals surface area contributed by atoms with Gasteiger partial charge in [0.05, 0.1) is 0 Å². The standard InChI is InChI=1S/C17H28N4/c1-4-11-19-17(18-5-2)20-15-10-12-21(13-15)16-8-6-14(3)7-9-16/h6-9,15H,4-5,10-13H2,1-3H3,(H2,18,19,20). The summed E-state index contributed by atoms with van der Waals surface area (Å²) in [5, 5.41) is 6.89. The van der Waals surface area contributed by atoms with E-state index in [0.717, 1.165) is 45.0 Å². The van der Waals surface area contributed by atoms with Crippen molar-refractivity contribution in [3.05, 3.63) is 29.8 Å². The molecule has 1 fully saturated rings. The summed E-state index contributed by atoms with van der Waals surface area (Å²) in [6.07, 6.45) is 2.24. The van der Waals surface area contributed by atoms with Crippen LogP contribution in [0, 0.1) is 6.92 Å². The number of nitrogens with one attached hydrogen (secondary N) is 2. The van der Waals surface area contributed by atoms with Gasteiger partial charge >= 0.3 is 0 Å². The van der Waals surface area contributed by atoms with E-state index in [1.54, 1.807) is 0 Å². The molecule has 1 atom stereocenters. The molecule has 0 aromatic heterocycles. The number of anilines is 1. The Kier molecular flexibility index (Phi) is 5.90. The zero-order chi connectivity index (χ0) is 15.1. The Morgan fingerprint density at radius 2 is 2.05 bits per heavy atom. The first-order valence-corrected chi connectivity index (χ1v) is 8.09. The summed E-state index contributed by atoms with van der Waals surface area (Å²) in [6.45, 7) is 10.3. The molecule has 1 aromatic rings. The molecule has 0 spiro atoms. The first-order chi connectivity index (χ1) is 10.2. The second-order valence-corrected chi connectivity index (χ2v) is 5.67. The van der Waals surface area contributed by atoms with Gasteiger partial charge in [0.1, 0.15) is 0 Å². The molecule has 1 saturated heterocycles. The Morgan fingerprint density at radius 3 is 2.71 bits per heavy atom. The van der Waals surface area contributed by atoms with Crippen LogP contribution in [-0.2, 0) is 0 Å². The van der Waals surface area contributed by atoms with Gasteiger partial charge in [-0.15, -0.1) is 0 Å². The summed E-state index contributed by atoms with van der Waals surface area (Å²) >= 11 is 0. The van der Waals surface area contributed by atoms with E-state index in [1.165, 1.54) is 11.3 Å². The van der Waals surface area contributed by atoms with Crippen molar-refractivity contribution in [2.24, 2.45) is 4.99 Å². The Morgan fingerprint density at radius 1 is 1.29 bits per heavy atom. The summed E-state index contributed by atoms with van der Waals surface area (Å²) in [7, 11) is 0. The van der Waals surface area contributed by atoms with Gasteiger partial charge in [-0.2, -0.15) is 0 Å². The molecule has 0 radical (unpaired) electrons. The highest BCUT2D eigenvalue weighted by Crippen LogP contribution is 2.20. The molecule has 1 unspecified atom stereocenters. The quantitative estimate of drug-likeness (QED) is 0.646. The van der Waals surface area contributed by atoms with Crippen molar-refractivity contribution in [1.82, 2.24) is 10.6 Å². The van der Waals surface area contributed by atoms with Crippen LogP contribution in [0.3, 0.4) is 0 Å². The lowest BCUT2D eigenvalue weighted by atomic mass is 10.2. The third-order valence-corrected chi connectivity index (χ3v) is 3.77. The van der Waals surface area contributed by atoms with E-state index in [0.29, 0.717) is 6.04 Å². The van der Waals surface area contributed by atoms with Crippen LogP contribution >= 0.6 is 0 Å². The molecular formula is C17H28N4. The van der Waals surface area contributed by atoms with Gasteiger partial charge in [0.15, 0.2) is 5.96 Å². The average molecular weight is 288 g/mol. The minimum Gasteiger partial charge on any atom is -0.369 e. The van der Waals surface area contributed by atoms with E-state index in [-0.39, 0.29) is 0 Å². The zero-order valence-corrected chi connectivity index (χ0v) is 13.5. The topological polar surface area (TPSA) is 39.7 Å². The Bertz CT molecular complexity index is 452. The molecule has 1 aliphatic rings. The number of nitrogens with zero attached hydrogens (tertiary/aromatic N) is 2. The van der Waals surface area contributed by atoms with E-state index >= 15 is 0 Å². The van der Waals surface area contributed by atoms with Crippen molar-refractivity contribution in [2.45, 2.75) is 39.7 Å². The number of hydrogen-bond donors (Lipinski definition) is 2. The van der Waals surface area contributed by atoms with Gasteiger partial charge in [0.25, 0.3) is 0 Å². The van der Waals surface area contributed by atoms with Crippen molar-refractivity contribution in [1.29, 1.82) is 0 Å². The molecule has 1 aliphatic heterocycles. The summed E-state index contributed by atoms with van der Waals surface area (Å²) in [5.74, 6) is 0.954. The molecule has 4 heteroatoms. The third kappa shape index (κ3) is 4.66. The van der Waals surface area contributed by atoms with Crippen LogP contribution in [0.15, 0.2) is 29.3 Å². The fourth-order valence-electron chi connectivity index (χ4n) is 2.61. The van der Waals surface area contributed by atoms with Crippen molar-refractivity contribution in [2.75, 3.05) is 31.1 Å². The van der Waals surface area contributed by atoms with Gasteiger partial charge in [-0.25, -0.2) is 0 Å². The van der Waals surface area contributed by atoms with Crippen molar-refractivity contribution in [3.63, 3.8) is 0 Å². The monoisotopic (exact) mass is 288 g/mol. The van der Waals surface area contributed by atoms with Crippen molar-refractivity contribution < 1.29 is 0 Å². The minimum absolute atomic E-state index is 0.473. The predicted molar refractivity (Wildman–Crippen MR) is 91.2 cm³/mol. The fourth-order valence-corrected chi connectivity index (χ4v) is 2.61. The zero-order valence-electron chi connectivity index (χ0n) is 13.5. The molecular weight excluding hydrogens is 260 g/mol. The second kappa shape index (κ2) is 7.91. The van der Waals surface area contributed by atoms with Gasteiger partial charge in [-0.3, -0.25) is 4.99 Å². The largest absolute Gasteiger partial charge is 0.369 e. The van der Waals surface area contributed by atoms with Crippen LogP contribution < -0.4 is 15.5 Å². The van der Waals surface area contributed by atoms with Crippen LogP contribution in [0.1, 0.15) is 32.3 Å². The average Bonchev–Trinajstić information content (AvgIpc) is 2.94. The summed E-state index contributed by atoms with van der Waals surface area (Å²) in [4.78, 5) is 7.03. The number of aryl methyl sites for hydroxylation is 1. The Labute approximate surface area is 128 Å². The molecule has 0 saturated carbocycles. The maximum atomic E-state index is 4.58. The molecule has 116 valence electrons. The van der Waals surface area contributed by atoms with E-state index in [4.69, 9.17) is 0 Å². The molecule has 21 heavy (non-hydrogen) atoms. The first-order valence-electron chi connectivity index (χ1n) is 8.09. The molecule has 1 heterocycles. The Balaban J connectivity index is 1.90. The minimum atomic E-state index is 0.473. The number of benzene rings is 1. The molecule has 0 aliphatic carbocycles. The van der Waals surface area contributed by atoms with E-state index in [2.05, 4.69) is 65.6 Å². The Hall–Kier alpha value is -1.71. The van der Waals surface area contributed by atoms with Crippen LogP contribution in [0.2, 0.25) is 0 Å². The smallest absolute Gasteiger partial charge is 0.191 e. The highest BCUT2D eigenvalue weighted by molar-refractivity contribution is 5.80. The molecule has 0 bridgehead atoms. The molecule has 2 N–H and O–H groups in total. The van der Waals surface area contributed by atoms with Crippen LogP contribution in [0.5, 0.6) is 0 Å². The third-order valence-electron chi connectivity index (χ3n) is 3.77. The lowest BCUT2D eigenvalue weighted by molar-refractivity contribution is 0.648. The number of hydrogen-bond acceptors (Lipinski definition) is 2. The first kappa shape index (κ1) is 15.7. The number of aliphatic imine (C=N–C) groups is 1. The summed E-state index contributed by atoms with van der Waals surface area (Å²) in [5.41, 5.74) is 2.63. The van der Waals surface area contributed by atoms with Gasteiger partial charge in [0.2, 0.25) is 0 Å². The highest BCUT2D eigenvalue weighted by atomic mass is 15.2. The number of rotatable bonds is 5. The molecule has 1 aromatic carbocycles. The summed E-state index contributed by atoms with van der Waals surface area (Å²) < 4.78 is 0. The van der Waals surface area contributed by atoms with Crippen LogP contribution in [0.4, 0.5) is 5.69 Å². The lowest BCUT2D eigenvalue weighted by Crippen LogP contribution is -2.44.